The normalized spacial score (nSPS) is 14.0. The van der Waals surface area contributed by atoms with Gasteiger partial charge < -0.3 is 0 Å². The maximum absolute atomic E-state index is 6.06. The highest BCUT2D eigenvalue weighted by Crippen LogP contribution is 2.34. The number of hydrogen-bond acceptors (Lipinski definition) is 3. The van der Waals surface area contributed by atoms with Gasteiger partial charge in [0, 0.05) is 22.1 Å². The summed E-state index contributed by atoms with van der Waals surface area (Å²) in [6.07, 6.45) is 2.25. The van der Waals surface area contributed by atoms with Gasteiger partial charge >= 0.3 is 0 Å². The van der Waals surface area contributed by atoms with E-state index in [1.807, 2.05) is 13.0 Å². The number of rotatable bonds is 4. The molecule has 1 rings (SSSR count). The zero-order valence-electron chi connectivity index (χ0n) is 8.51. The van der Waals surface area contributed by atoms with Crippen molar-refractivity contribution in [1.29, 1.82) is 0 Å². The highest BCUT2D eigenvalue weighted by Gasteiger charge is 2.28. The van der Waals surface area contributed by atoms with Gasteiger partial charge in [0.05, 0.1) is 10.7 Å². The number of aliphatic imine (C=N–C) groups is 1. The number of alkyl halides is 1. The minimum absolute atomic E-state index is 0.407. The molecule has 86 valence electrons. The number of hydrogen-bond donors (Lipinski definition) is 0. The van der Waals surface area contributed by atoms with Gasteiger partial charge in [0.2, 0.25) is 0 Å². The lowest BCUT2D eigenvalue weighted by atomic mass is 9.91. The molecule has 2 nitrogen and oxygen atoms in total. The van der Waals surface area contributed by atoms with Crippen molar-refractivity contribution in [2.24, 2.45) is 4.99 Å². The van der Waals surface area contributed by atoms with Crippen LogP contribution in [0.2, 0.25) is 5.15 Å². The highest BCUT2D eigenvalue weighted by atomic mass is 79.9. The lowest BCUT2D eigenvalue weighted by Gasteiger charge is -2.24. The Kier molecular flexibility index (Phi) is 5.35. The molecule has 0 fully saturated rings. The van der Waals surface area contributed by atoms with Crippen LogP contribution in [0.1, 0.15) is 18.9 Å². The standard InChI is InChI=1S/C10H9BrCl2N2S/c1-10(2-3-12,15-6-16)8-4-7(11)5-14-9(8)13/h4-5H,2-3H2,1H3/t10-/m0/s1. The molecule has 0 radical (unpaired) electrons. The fourth-order valence-electron chi connectivity index (χ4n) is 1.34. The molecule has 0 saturated heterocycles. The molecule has 0 aliphatic carbocycles. The maximum atomic E-state index is 6.06. The van der Waals surface area contributed by atoms with Crippen LogP contribution in [0.4, 0.5) is 0 Å². The first-order valence-corrected chi connectivity index (χ1v) is 6.61. The van der Waals surface area contributed by atoms with E-state index < -0.39 is 5.54 Å². The average molecular weight is 340 g/mol. The summed E-state index contributed by atoms with van der Waals surface area (Å²) in [5.74, 6) is 0.458. The minimum Gasteiger partial charge on any atom is -0.243 e. The van der Waals surface area contributed by atoms with Crippen LogP contribution in [0.25, 0.3) is 0 Å². The van der Waals surface area contributed by atoms with Crippen LogP contribution in [0.5, 0.6) is 0 Å². The van der Waals surface area contributed by atoms with Crippen LogP contribution in [-0.4, -0.2) is 16.0 Å². The molecule has 0 spiro atoms. The van der Waals surface area contributed by atoms with E-state index in [0.29, 0.717) is 17.5 Å². The summed E-state index contributed by atoms with van der Waals surface area (Å²) in [5, 5.41) is 2.79. The number of isothiocyanates is 1. The van der Waals surface area contributed by atoms with E-state index in [-0.39, 0.29) is 0 Å². The minimum atomic E-state index is -0.572. The van der Waals surface area contributed by atoms with Crippen LogP contribution in [0.15, 0.2) is 21.7 Å². The monoisotopic (exact) mass is 338 g/mol. The number of aromatic nitrogens is 1. The summed E-state index contributed by atoms with van der Waals surface area (Å²) in [6.45, 7) is 1.91. The zero-order valence-corrected chi connectivity index (χ0v) is 12.4. The lowest BCUT2D eigenvalue weighted by Crippen LogP contribution is -2.20. The summed E-state index contributed by atoms with van der Waals surface area (Å²) < 4.78 is 0.840. The molecule has 1 atom stereocenters. The van der Waals surface area contributed by atoms with Gasteiger partial charge in [0.25, 0.3) is 0 Å². The van der Waals surface area contributed by atoms with Gasteiger partial charge in [0.1, 0.15) is 5.15 Å². The quantitative estimate of drug-likeness (QED) is 0.350. The molecule has 16 heavy (non-hydrogen) atoms. The molecular weight excluding hydrogens is 331 g/mol. The molecule has 6 heteroatoms. The van der Waals surface area contributed by atoms with Crippen LogP contribution in [0.3, 0.4) is 0 Å². The molecule has 1 aromatic heterocycles. The van der Waals surface area contributed by atoms with Gasteiger partial charge in [0.15, 0.2) is 0 Å². The van der Waals surface area contributed by atoms with Crippen molar-refractivity contribution in [2.45, 2.75) is 18.9 Å². The van der Waals surface area contributed by atoms with E-state index in [4.69, 9.17) is 23.2 Å². The van der Waals surface area contributed by atoms with Crippen molar-refractivity contribution < 1.29 is 0 Å². The predicted octanol–water partition coefficient (Wildman–Crippen LogP) is 4.44. The Balaban J connectivity index is 3.30. The second kappa shape index (κ2) is 6.08. The van der Waals surface area contributed by atoms with Crippen molar-refractivity contribution in [3.05, 3.63) is 27.5 Å². The van der Waals surface area contributed by atoms with E-state index in [1.54, 1.807) is 6.20 Å². The second-order valence-corrected chi connectivity index (χ2v) is 5.24. The Bertz CT molecular complexity index is 435. The molecule has 0 saturated carbocycles. The van der Waals surface area contributed by atoms with E-state index in [2.05, 4.69) is 43.3 Å². The van der Waals surface area contributed by atoms with Crippen molar-refractivity contribution in [2.75, 3.05) is 5.88 Å². The molecule has 0 N–H and O–H groups in total. The second-order valence-electron chi connectivity index (χ2n) is 3.41. The Morgan fingerprint density at radius 3 is 2.94 bits per heavy atom. The van der Waals surface area contributed by atoms with Gasteiger partial charge in [-0.1, -0.05) is 11.6 Å². The fourth-order valence-corrected chi connectivity index (χ4v) is 2.54. The molecule has 0 aromatic carbocycles. The zero-order chi connectivity index (χ0) is 12.2. The van der Waals surface area contributed by atoms with Crippen molar-refractivity contribution in [1.82, 2.24) is 4.98 Å². The van der Waals surface area contributed by atoms with Crippen LogP contribution in [-0.2, 0) is 5.54 Å². The molecule has 0 amide bonds. The van der Waals surface area contributed by atoms with E-state index in [0.717, 1.165) is 10.0 Å². The predicted molar refractivity (Wildman–Crippen MR) is 74.7 cm³/mol. The SMILES string of the molecule is C[C@@](CCCl)(N=C=S)c1cc(Br)cnc1Cl. The average Bonchev–Trinajstić information content (AvgIpc) is 2.22. The largest absolute Gasteiger partial charge is 0.243 e. The van der Waals surface area contributed by atoms with Gasteiger partial charge in [-0.15, -0.1) is 11.6 Å². The van der Waals surface area contributed by atoms with Crippen LogP contribution in [0, 0.1) is 0 Å². The Morgan fingerprint density at radius 2 is 2.38 bits per heavy atom. The third-order valence-corrected chi connectivity index (χ3v) is 3.27. The first-order valence-electron chi connectivity index (χ1n) is 4.50. The molecule has 0 bridgehead atoms. The topological polar surface area (TPSA) is 25.2 Å². The molecule has 0 unspecified atom stereocenters. The van der Waals surface area contributed by atoms with Gasteiger partial charge in [-0.05, 0) is 47.6 Å². The van der Waals surface area contributed by atoms with Crippen LogP contribution < -0.4 is 0 Å². The van der Waals surface area contributed by atoms with E-state index in [9.17, 15) is 0 Å². The number of thiocarbonyl (C=S) groups is 1. The molecule has 1 aromatic rings. The van der Waals surface area contributed by atoms with E-state index in [1.165, 1.54) is 0 Å². The Morgan fingerprint density at radius 1 is 1.69 bits per heavy atom. The van der Waals surface area contributed by atoms with Gasteiger partial charge in [-0.2, -0.15) is 0 Å². The van der Waals surface area contributed by atoms with Crippen molar-refractivity contribution in [3.63, 3.8) is 0 Å². The van der Waals surface area contributed by atoms with Gasteiger partial charge in [-0.25, -0.2) is 9.98 Å². The molecule has 1 heterocycles. The fraction of sp³-hybridized carbons (Fsp3) is 0.400. The maximum Gasteiger partial charge on any atom is 0.134 e. The number of nitrogens with zero attached hydrogens (tertiary/aromatic N) is 2. The Hall–Kier alpha value is 0.01000. The molecule has 0 aliphatic rings. The third kappa shape index (κ3) is 3.25. The first kappa shape index (κ1) is 14.1. The Labute approximate surface area is 118 Å². The highest BCUT2D eigenvalue weighted by molar-refractivity contribution is 9.10. The smallest absolute Gasteiger partial charge is 0.134 e. The van der Waals surface area contributed by atoms with Crippen molar-refractivity contribution >= 4 is 56.5 Å². The summed E-state index contributed by atoms with van der Waals surface area (Å²) in [5.41, 5.74) is 0.221. The lowest BCUT2D eigenvalue weighted by molar-refractivity contribution is 0.485. The third-order valence-electron chi connectivity index (χ3n) is 2.26. The molecule has 0 aliphatic heterocycles. The number of pyridine rings is 1. The molecular formula is C10H9BrCl2N2S. The summed E-state index contributed by atoms with van der Waals surface area (Å²) in [4.78, 5) is 8.22. The summed E-state index contributed by atoms with van der Waals surface area (Å²) in [6, 6.07) is 1.87. The first-order chi connectivity index (χ1) is 7.53. The van der Waals surface area contributed by atoms with Gasteiger partial charge in [-0.3, -0.25) is 0 Å². The summed E-state index contributed by atoms with van der Waals surface area (Å²) >= 11 is 19.8. The van der Waals surface area contributed by atoms with Crippen LogP contribution >= 0.6 is 51.3 Å². The summed E-state index contributed by atoms with van der Waals surface area (Å²) in [7, 11) is 0. The number of halogens is 3. The van der Waals surface area contributed by atoms with E-state index >= 15 is 0 Å². The van der Waals surface area contributed by atoms with Crippen molar-refractivity contribution in [3.8, 4) is 0 Å².